The monoisotopic (exact) mass is 534 g/mol. The van der Waals surface area contributed by atoms with Crippen molar-refractivity contribution < 1.29 is 13.6 Å². The molecule has 2 aromatic carbocycles. The number of carbonyl (C=O) groups excluding carboxylic acids is 1. The molecule has 1 atom stereocenters. The van der Waals surface area contributed by atoms with Gasteiger partial charge in [0.05, 0.1) is 5.69 Å². The maximum atomic E-state index is 14.9. The zero-order valence-electron chi connectivity index (χ0n) is 22.7. The molecule has 0 aliphatic carbocycles. The van der Waals surface area contributed by atoms with Gasteiger partial charge in [-0.15, -0.1) is 0 Å². The van der Waals surface area contributed by atoms with Crippen molar-refractivity contribution in [2.45, 2.75) is 33.2 Å². The van der Waals surface area contributed by atoms with Crippen molar-refractivity contribution in [1.82, 2.24) is 24.8 Å². The minimum absolute atomic E-state index is 0.000248. The predicted molar refractivity (Wildman–Crippen MR) is 149 cm³/mol. The summed E-state index contributed by atoms with van der Waals surface area (Å²) in [5.41, 5.74) is 1.20. The zero-order valence-corrected chi connectivity index (χ0v) is 22.7. The van der Waals surface area contributed by atoms with Gasteiger partial charge in [0.1, 0.15) is 17.3 Å². The third-order valence-corrected chi connectivity index (χ3v) is 6.50. The first-order chi connectivity index (χ1) is 18.6. The molecule has 0 saturated heterocycles. The largest absolute Gasteiger partial charge is 0.353 e. The average molecular weight is 535 g/mol. The molecule has 4 aromatic rings. The Hall–Kier alpha value is -4.18. The molecule has 0 spiro atoms. The molecule has 39 heavy (non-hydrogen) atoms. The highest BCUT2D eigenvalue weighted by atomic mass is 19.1. The van der Waals surface area contributed by atoms with Crippen LogP contribution in [0.15, 0.2) is 53.3 Å². The number of pyridine rings is 1. The molecule has 2 heterocycles. The number of nitrogens with zero attached hydrogens (tertiary/aromatic N) is 4. The fraction of sp³-hybridized carbons (Fsp3) is 0.310. The van der Waals surface area contributed by atoms with Gasteiger partial charge >= 0.3 is 0 Å². The smallest absolute Gasteiger partial charge is 0.256 e. The predicted octanol–water partition coefficient (Wildman–Crippen LogP) is 4.54. The van der Waals surface area contributed by atoms with E-state index in [1.54, 1.807) is 12.1 Å². The topological polar surface area (TPSA) is 92.2 Å². The summed E-state index contributed by atoms with van der Waals surface area (Å²) >= 11 is 0. The van der Waals surface area contributed by atoms with E-state index in [1.165, 1.54) is 18.2 Å². The number of amides is 1. The van der Waals surface area contributed by atoms with Crippen LogP contribution in [0.2, 0.25) is 0 Å². The van der Waals surface area contributed by atoms with E-state index in [4.69, 9.17) is 4.98 Å². The van der Waals surface area contributed by atoms with Crippen molar-refractivity contribution >= 4 is 22.9 Å². The van der Waals surface area contributed by atoms with Crippen LogP contribution in [0, 0.1) is 18.6 Å². The van der Waals surface area contributed by atoms with Crippen molar-refractivity contribution in [1.29, 1.82) is 0 Å². The zero-order chi connectivity index (χ0) is 28.3. The number of nitrogens with one attached hydrogen (secondary N) is 2. The van der Waals surface area contributed by atoms with Gasteiger partial charge in [-0.3, -0.25) is 14.2 Å². The Bertz CT molecular complexity index is 1560. The number of hydrogen-bond acceptors (Lipinski definition) is 6. The van der Waals surface area contributed by atoms with Crippen molar-refractivity contribution in [2.75, 3.05) is 32.5 Å². The van der Waals surface area contributed by atoms with E-state index in [2.05, 4.69) is 15.6 Å². The molecular formula is C29H32F2N6O2. The number of anilines is 1. The minimum Gasteiger partial charge on any atom is -0.353 e. The van der Waals surface area contributed by atoms with Gasteiger partial charge in [-0.25, -0.2) is 13.8 Å². The van der Waals surface area contributed by atoms with Gasteiger partial charge in [0, 0.05) is 41.7 Å². The van der Waals surface area contributed by atoms with E-state index in [-0.39, 0.29) is 23.5 Å². The molecule has 0 radical (unpaired) electrons. The molecule has 1 amide bonds. The lowest BCUT2D eigenvalue weighted by Crippen LogP contribution is -2.31. The Morgan fingerprint density at radius 2 is 1.79 bits per heavy atom. The first-order valence-electron chi connectivity index (χ1n) is 12.8. The summed E-state index contributed by atoms with van der Waals surface area (Å²) in [4.78, 5) is 37.2. The second kappa shape index (κ2) is 11.7. The van der Waals surface area contributed by atoms with E-state index in [1.807, 2.05) is 45.8 Å². The summed E-state index contributed by atoms with van der Waals surface area (Å²) in [7, 11) is 3.85. The molecule has 2 aromatic heterocycles. The average Bonchev–Trinajstić information content (AvgIpc) is 2.89. The molecular weight excluding hydrogens is 502 g/mol. The normalized spacial score (nSPS) is 12.1. The molecule has 204 valence electrons. The van der Waals surface area contributed by atoms with Crippen molar-refractivity contribution in [3.8, 4) is 16.9 Å². The van der Waals surface area contributed by atoms with E-state index in [9.17, 15) is 18.4 Å². The van der Waals surface area contributed by atoms with Crippen LogP contribution < -0.4 is 16.2 Å². The summed E-state index contributed by atoms with van der Waals surface area (Å²) in [6.45, 7) is 6.95. The van der Waals surface area contributed by atoms with Crippen molar-refractivity contribution in [3.05, 3.63) is 81.6 Å². The molecule has 1 unspecified atom stereocenters. The summed E-state index contributed by atoms with van der Waals surface area (Å²) in [6.07, 6.45) is 0.785. The number of likely N-dealkylation sites (N-methyl/N-ethyl adjacent to an activating group) is 1. The first kappa shape index (κ1) is 27.8. The molecule has 2 N–H and O–H groups in total. The highest BCUT2D eigenvalue weighted by molar-refractivity contribution is 5.98. The second-order valence-electron chi connectivity index (χ2n) is 9.75. The van der Waals surface area contributed by atoms with Crippen LogP contribution in [0.4, 0.5) is 14.7 Å². The third kappa shape index (κ3) is 5.96. The van der Waals surface area contributed by atoms with Crippen molar-refractivity contribution in [3.63, 3.8) is 0 Å². The van der Waals surface area contributed by atoms with E-state index in [0.29, 0.717) is 35.3 Å². The van der Waals surface area contributed by atoms with Crippen LogP contribution in [0.1, 0.15) is 36.2 Å². The molecule has 0 saturated carbocycles. The molecule has 10 heteroatoms. The van der Waals surface area contributed by atoms with Gasteiger partial charge in [-0.1, -0.05) is 19.1 Å². The Labute approximate surface area is 225 Å². The van der Waals surface area contributed by atoms with Gasteiger partial charge < -0.3 is 15.5 Å². The number of benzene rings is 2. The second-order valence-corrected chi connectivity index (χ2v) is 9.75. The van der Waals surface area contributed by atoms with Gasteiger partial charge in [0.2, 0.25) is 5.95 Å². The minimum atomic E-state index is -0.897. The lowest BCUT2D eigenvalue weighted by molar-refractivity contribution is 0.0939. The summed E-state index contributed by atoms with van der Waals surface area (Å²) in [5.74, 6) is -1.83. The Balaban J connectivity index is 1.99. The number of hydrogen-bond donors (Lipinski definition) is 2. The number of para-hydroxylation sites is 1. The molecule has 0 aliphatic rings. The standard InChI is InChI=1S/C29H32F2N6O2/c1-6-18(3)33-28(39)19-11-10-17(2)21(16-19)25-20-12-13-24(38)37(26-22(30)8-7-9-23(26)31)27(20)35-29(34-25)32-14-15-36(4)5/h7-13,16,18H,6,14-15H2,1-5H3,(H,33,39)(H,32,34,35). The highest BCUT2D eigenvalue weighted by Crippen LogP contribution is 2.31. The quantitative estimate of drug-likeness (QED) is 0.328. The lowest BCUT2D eigenvalue weighted by atomic mass is 9.99. The van der Waals surface area contributed by atoms with Crippen molar-refractivity contribution in [2.24, 2.45) is 0 Å². The highest BCUT2D eigenvalue weighted by Gasteiger charge is 2.21. The van der Waals surface area contributed by atoms with E-state index >= 15 is 0 Å². The maximum Gasteiger partial charge on any atom is 0.256 e. The lowest BCUT2D eigenvalue weighted by Gasteiger charge is -2.17. The molecule has 0 bridgehead atoms. The molecule has 4 rings (SSSR count). The number of aromatic nitrogens is 3. The molecule has 0 aliphatic heterocycles. The number of aryl methyl sites for hydroxylation is 1. The van der Waals surface area contributed by atoms with Crippen LogP contribution in [0.5, 0.6) is 0 Å². The SMILES string of the molecule is CCC(C)NC(=O)c1ccc(C)c(-c2nc(NCCN(C)C)nc3c2ccc(=O)n3-c2c(F)cccc2F)c1. The Kier molecular flexibility index (Phi) is 8.35. The molecule has 8 nitrogen and oxygen atoms in total. The van der Waals surface area contributed by atoms with Gasteiger partial charge in [0.15, 0.2) is 5.65 Å². The maximum absolute atomic E-state index is 14.9. The number of halogens is 2. The fourth-order valence-electron chi connectivity index (χ4n) is 4.14. The van der Waals surface area contributed by atoms with Crippen LogP contribution in [0.25, 0.3) is 28.0 Å². The van der Waals surface area contributed by atoms with Crippen LogP contribution in [0.3, 0.4) is 0 Å². The van der Waals surface area contributed by atoms with Gasteiger partial charge in [0.25, 0.3) is 11.5 Å². The van der Waals surface area contributed by atoms with E-state index in [0.717, 1.165) is 28.7 Å². The van der Waals surface area contributed by atoms with Crippen LogP contribution in [-0.2, 0) is 0 Å². The number of rotatable bonds is 9. The molecule has 0 fully saturated rings. The van der Waals surface area contributed by atoms with E-state index < -0.39 is 22.9 Å². The van der Waals surface area contributed by atoms with Crippen LogP contribution in [-0.4, -0.2) is 58.6 Å². The Morgan fingerprint density at radius 3 is 2.46 bits per heavy atom. The summed E-state index contributed by atoms with van der Waals surface area (Å²) < 4.78 is 30.7. The first-order valence-corrected chi connectivity index (χ1v) is 12.8. The summed E-state index contributed by atoms with van der Waals surface area (Å²) in [6, 6.07) is 11.5. The summed E-state index contributed by atoms with van der Waals surface area (Å²) in [5, 5.41) is 6.52. The number of fused-ring (bicyclic) bond motifs is 1. The van der Waals surface area contributed by atoms with Gasteiger partial charge in [-0.2, -0.15) is 4.98 Å². The van der Waals surface area contributed by atoms with Crippen LogP contribution >= 0.6 is 0 Å². The fourth-order valence-corrected chi connectivity index (χ4v) is 4.14. The third-order valence-electron chi connectivity index (χ3n) is 6.50. The Morgan fingerprint density at radius 1 is 1.08 bits per heavy atom. The van der Waals surface area contributed by atoms with Gasteiger partial charge in [-0.05, 0) is 70.3 Å². The number of carbonyl (C=O) groups is 1.